The summed E-state index contributed by atoms with van der Waals surface area (Å²) in [6, 6.07) is 3.91. The van der Waals surface area contributed by atoms with Crippen LogP contribution in [-0.2, 0) is 38.0 Å². The minimum Gasteiger partial charge on any atom is -0.368 e. The van der Waals surface area contributed by atoms with Gasteiger partial charge in [-0.3, -0.25) is 0 Å². The molecule has 0 spiro atoms. The van der Waals surface area contributed by atoms with E-state index in [1.807, 2.05) is 6.92 Å². The molecule has 16 heteroatoms. The molecule has 0 radical (unpaired) electrons. The second-order valence-corrected chi connectivity index (χ2v) is 10.3. The van der Waals surface area contributed by atoms with Crippen LogP contribution in [0.25, 0.3) is 11.3 Å². The molecule has 0 aliphatic heterocycles. The Hall–Kier alpha value is -3.53. The number of aryl methyl sites for hydroxylation is 2. The quantitative estimate of drug-likeness (QED) is 0.101. The summed E-state index contributed by atoms with van der Waals surface area (Å²) in [6.07, 6.45) is -14.4. The number of hydrogen-bond acceptors (Lipinski definition) is 5. The van der Waals surface area contributed by atoms with E-state index in [1.54, 1.807) is 6.92 Å². The number of thiazole rings is 1. The molecule has 0 unspecified atom stereocenters. The maximum absolute atomic E-state index is 13.7. The Balaban J connectivity index is 2.20. The number of hydrazone groups is 1. The van der Waals surface area contributed by atoms with Crippen LogP contribution in [0, 0.1) is 6.92 Å². The summed E-state index contributed by atoms with van der Waals surface area (Å²) in [5.74, 6) is 5.04. The number of aromatic nitrogens is 1. The number of rotatable bonds is 7. The molecule has 0 atom stereocenters. The molecule has 41 heavy (non-hydrogen) atoms. The predicted octanol–water partition coefficient (Wildman–Crippen LogP) is 6.77. The van der Waals surface area contributed by atoms with Crippen LogP contribution in [0.1, 0.15) is 44.6 Å². The molecule has 0 bridgehead atoms. The average molecular weight is 613 g/mol. The predicted molar refractivity (Wildman–Crippen MR) is 136 cm³/mol. The van der Waals surface area contributed by atoms with Crippen molar-refractivity contribution in [2.75, 3.05) is 7.05 Å². The summed E-state index contributed by atoms with van der Waals surface area (Å²) in [5, 5.41) is 5.16. The zero-order valence-corrected chi connectivity index (χ0v) is 22.7. The highest BCUT2D eigenvalue weighted by molar-refractivity contribution is 7.12. The van der Waals surface area contributed by atoms with Crippen molar-refractivity contribution >= 4 is 17.3 Å². The number of hydrazine groups is 1. The Morgan fingerprint density at radius 3 is 1.93 bits per heavy atom. The Morgan fingerprint density at radius 1 is 0.878 bits per heavy atom. The van der Waals surface area contributed by atoms with Gasteiger partial charge in [-0.25, -0.2) is 15.9 Å². The van der Waals surface area contributed by atoms with Crippen molar-refractivity contribution in [3.8, 4) is 11.3 Å². The van der Waals surface area contributed by atoms with Crippen molar-refractivity contribution in [2.24, 2.45) is 16.7 Å². The molecular weight excluding hydrogens is 587 g/mol. The van der Waals surface area contributed by atoms with Crippen LogP contribution in [0.3, 0.4) is 0 Å². The summed E-state index contributed by atoms with van der Waals surface area (Å²) in [4.78, 5) is 6.25. The molecule has 1 aromatic heterocycles. The Kier molecular flexibility index (Phi) is 9.17. The minimum atomic E-state index is -5.11. The van der Waals surface area contributed by atoms with Crippen molar-refractivity contribution in [3.05, 3.63) is 74.1 Å². The van der Waals surface area contributed by atoms with E-state index in [0.29, 0.717) is 29.3 Å². The molecule has 0 saturated heterocycles. The van der Waals surface area contributed by atoms with Crippen LogP contribution in [0.4, 0.5) is 39.5 Å². The van der Waals surface area contributed by atoms with Crippen LogP contribution < -0.4 is 11.6 Å². The molecule has 1 heterocycles. The van der Waals surface area contributed by atoms with Crippen LogP contribution in [0.5, 0.6) is 0 Å². The van der Waals surface area contributed by atoms with Gasteiger partial charge in [0.15, 0.2) is 0 Å². The number of hydrogen-bond donors (Lipinski definition) is 2. The van der Waals surface area contributed by atoms with Gasteiger partial charge in [-0.15, -0.1) is 16.4 Å². The average Bonchev–Trinajstić information content (AvgIpc) is 3.21. The summed E-state index contributed by atoms with van der Waals surface area (Å²) in [6.45, 7) is 2.39. The third-order valence-electron chi connectivity index (χ3n) is 5.78. The monoisotopic (exact) mass is 612 g/mol. The standard InChI is InChI=1S/C25H25F9N6S/c1-4-20-21(37-13(2)41-20)19-6-5-16(23(26,27)28)9-15(19)12-40(22(35)38-39(3)36)11-14-7-17(24(29,30)31)10-18(8-14)25(32,33)34/h5-10H,4,11-12,36H2,1-3H3,(H2,35,38). The molecule has 0 fully saturated rings. The SMILES string of the molecule is CCc1sc(C)nc1-c1ccc(C(F)(F)F)cc1CN(Cc1cc(C(F)(F)F)cc(C(F)(F)F)c1)/C(N)=N/N(C)N. The number of guanidine groups is 1. The highest BCUT2D eigenvalue weighted by Crippen LogP contribution is 2.38. The van der Waals surface area contributed by atoms with Gasteiger partial charge >= 0.3 is 18.5 Å². The van der Waals surface area contributed by atoms with Gasteiger partial charge in [-0.05, 0) is 54.8 Å². The molecule has 4 N–H and O–H groups in total. The van der Waals surface area contributed by atoms with Crippen molar-refractivity contribution in [1.29, 1.82) is 0 Å². The molecule has 0 aliphatic carbocycles. The van der Waals surface area contributed by atoms with E-state index in [1.165, 1.54) is 24.5 Å². The zero-order chi connectivity index (χ0) is 30.9. The van der Waals surface area contributed by atoms with E-state index < -0.39 is 59.8 Å². The minimum absolute atomic E-state index is 0.0145. The first-order valence-corrected chi connectivity index (χ1v) is 12.6. The first-order chi connectivity index (χ1) is 18.8. The maximum Gasteiger partial charge on any atom is 0.416 e. The van der Waals surface area contributed by atoms with Gasteiger partial charge in [-0.2, -0.15) is 39.5 Å². The van der Waals surface area contributed by atoms with Gasteiger partial charge in [0.1, 0.15) is 0 Å². The lowest BCUT2D eigenvalue weighted by Gasteiger charge is -2.27. The molecule has 3 aromatic rings. The summed E-state index contributed by atoms with van der Waals surface area (Å²) in [5.41, 5.74) is 2.12. The second kappa shape index (κ2) is 11.8. The van der Waals surface area contributed by atoms with Gasteiger partial charge < -0.3 is 10.6 Å². The number of nitrogens with zero attached hydrogens (tertiary/aromatic N) is 4. The van der Waals surface area contributed by atoms with Crippen molar-refractivity contribution in [3.63, 3.8) is 0 Å². The molecule has 6 nitrogen and oxygen atoms in total. The van der Waals surface area contributed by atoms with Crippen molar-refractivity contribution in [1.82, 2.24) is 15.0 Å². The summed E-state index contributed by atoms with van der Waals surface area (Å²) in [7, 11) is 1.25. The van der Waals surface area contributed by atoms with Crippen LogP contribution in [-0.4, -0.2) is 28.0 Å². The van der Waals surface area contributed by atoms with E-state index in [4.69, 9.17) is 11.6 Å². The van der Waals surface area contributed by atoms with Gasteiger partial charge in [-0.1, -0.05) is 13.0 Å². The lowest BCUT2D eigenvalue weighted by atomic mass is 9.99. The van der Waals surface area contributed by atoms with Crippen molar-refractivity contribution in [2.45, 2.75) is 51.9 Å². The van der Waals surface area contributed by atoms with Gasteiger partial charge in [0.2, 0.25) is 5.96 Å². The fourth-order valence-corrected chi connectivity index (χ4v) is 4.92. The summed E-state index contributed by atoms with van der Waals surface area (Å²) >= 11 is 1.34. The number of alkyl halides is 9. The first-order valence-electron chi connectivity index (χ1n) is 11.8. The molecule has 224 valence electrons. The summed E-state index contributed by atoms with van der Waals surface area (Å²) < 4.78 is 122. The highest BCUT2D eigenvalue weighted by atomic mass is 32.1. The molecule has 2 aromatic carbocycles. The lowest BCUT2D eigenvalue weighted by Crippen LogP contribution is -2.39. The van der Waals surface area contributed by atoms with Crippen LogP contribution in [0.2, 0.25) is 0 Å². The van der Waals surface area contributed by atoms with E-state index in [2.05, 4.69) is 10.1 Å². The normalized spacial score (nSPS) is 13.0. The lowest BCUT2D eigenvalue weighted by molar-refractivity contribution is -0.143. The fourth-order valence-electron chi connectivity index (χ4n) is 4.03. The zero-order valence-electron chi connectivity index (χ0n) is 21.8. The van der Waals surface area contributed by atoms with Crippen molar-refractivity contribution < 1.29 is 39.5 Å². The third kappa shape index (κ3) is 8.03. The first kappa shape index (κ1) is 32.0. The number of benzene rings is 2. The molecule has 3 rings (SSSR count). The van der Waals surface area contributed by atoms with Crippen LogP contribution >= 0.6 is 11.3 Å². The van der Waals surface area contributed by atoms with Gasteiger partial charge in [0.05, 0.1) is 27.4 Å². The Labute approximate surface area is 233 Å². The third-order valence-corrected chi connectivity index (χ3v) is 6.89. The number of halogens is 9. The largest absolute Gasteiger partial charge is 0.416 e. The van der Waals surface area contributed by atoms with E-state index >= 15 is 0 Å². The van der Waals surface area contributed by atoms with Crippen LogP contribution in [0.15, 0.2) is 41.5 Å². The highest BCUT2D eigenvalue weighted by Gasteiger charge is 2.37. The van der Waals surface area contributed by atoms with E-state index in [-0.39, 0.29) is 17.2 Å². The van der Waals surface area contributed by atoms with E-state index in [9.17, 15) is 39.5 Å². The molecule has 0 saturated carbocycles. The van der Waals surface area contributed by atoms with Gasteiger partial charge in [0, 0.05) is 30.6 Å². The number of nitrogens with two attached hydrogens (primary N) is 2. The molecule has 0 aliphatic rings. The second-order valence-electron chi connectivity index (χ2n) is 9.03. The smallest absolute Gasteiger partial charge is 0.368 e. The maximum atomic E-state index is 13.7. The molecule has 0 amide bonds. The molecular formula is C25H25F9N6S. The topological polar surface area (TPSA) is 83.8 Å². The Bertz CT molecular complexity index is 1380. The Morgan fingerprint density at radius 2 is 1.44 bits per heavy atom. The van der Waals surface area contributed by atoms with E-state index in [0.717, 1.165) is 27.0 Å². The fraction of sp³-hybridized carbons (Fsp3) is 0.360. The van der Waals surface area contributed by atoms with Gasteiger partial charge in [0.25, 0.3) is 0 Å².